The second-order valence-corrected chi connectivity index (χ2v) is 4.79. The molecule has 1 aromatic heterocycles. The fraction of sp³-hybridized carbons (Fsp3) is 0.0833. The zero-order valence-corrected chi connectivity index (χ0v) is 11.2. The molecular weight excluding hydrogens is 304 g/mol. The van der Waals surface area contributed by atoms with Gasteiger partial charge >= 0.3 is 5.97 Å². The maximum Gasteiger partial charge on any atom is 0.354 e. The molecule has 2 aromatic rings. The second-order valence-electron chi connectivity index (χ2n) is 3.76. The van der Waals surface area contributed by atoms with Gasteiger partial charge in [-0.25, -0.2) is 9.78 Å². The summed E-state index contributed by atoms with van der Waals surface area (Å²) in [6.07, 6.45) is 1.07. The van der Waals surface area contributed by atoms with Crippen molar-refractivity contribution in [2.75, 3.05) is 5.32 Å². The highest BCUT2D eigenvalue weighted by Crippen LogP contribution is 2.31. The zero-order valence-electron chi connectivity index (χ0n) is 10.3. The summed E-state index contributed by atoms with van der Waals surface area (Å²) in [6.45, 7) is 0. The van der Waals surface area contributed by atoms with Crippen LogP contribution in [0, 0.1) is 0 Å². The Bertz CT molecular complexity index is 675. The quantitative estimate of drug-likeness (QED) is 0.738. The van der Waals surface area contributed by atoms with Crippen LogP contribution in [0.1, 0.15) is 21.0 Å². The Morgan fingerprint density at radius 1 is 1.33 bits per heavy atom. The Morgan fingerprint density at radius 3 is 2.71 bits per heavy atom. The lowest BCUT2D eigenvalue weighted by Crippen LogP contribution is -2.17. The third-order valence-corrected chi connectivity index (χ3v) is 3.21. The van der Waals surface area contributed by atoms with E-state index >= 15 is 0 Å². The molecule has 0 fully saturated rings. The number of carbonyl (C=O) groups is 2. The molecule has 1 aromatic carbocycles. The molecular formula is C12H9F2N3O3S. The monoisotopic (exact) mass is 313 g/mol. The number of para-hydroxylation sites is 1. The van der Waals surface area contributed by atoms with E-state index in [1.54, 1.807) is 12.1 Å². The first-order chi connectivity index (χ1) is 9.99. The van der Waals surface area contributed by atoms with Gasteiger partial charge in [0, 0.05) is 4.90 Å². The van der Waals surface area contributed by atoms with Gasteiger partial charge in [-0.15, -0.1) is 0 Å². The summed E-state index contributed by atoms with van der Waals surface area (Å²) < 4.78 is 24.9. The number of rotatable bonds is 5. The molecule has 6 nitrogen and oxygen atoms in total. The number of benzene rings is 1. The summed E-state index contributed by atoms with van der Waals surface area (Å²) >= 11 is 0.282. The van der Waals surface area contributed by atoms with Crippen LogP contribution >= 0.6 is 11.8 Å². The van der Waals surface area contributed by atoms with Crippen molar-refractivity contribution in [3.8, 4) is 0 Å². The first-order valence-electron chi connectivity index (χ1n) is 5.61. The average Bonchev–Trinajstić information content (AvgIpc) is 2.90. The number of aromatic carboxylic acids is 1. The first-order valence-corrected chi connectivity index (χ1v) is 6.49. The Balaban J connectivity index is 2.24. The van der Waals surface area contributed by atoms with Gasteiger partial charge in [0.1, 0.15) is 0 Å². The van der Waals surface area contributed by atoms with Crippen LogP contribution in [0.5, 0.6) is 0 Å². The van der Waals surface area contributed by atoms with Crippen LogP contribution in [0.15, 0.2) is 35.5 Å². The van der Waals surface area contributed by atoms with Crippen molar-refractivity contribution in [2.45, 2.75) is 10.7 Å². The number of hydrogen-bond acceptors (Lipinski definition) is 4. The van der Waals surface area contributed by atoms with Crippen molar-refractivity contribution in [3.63, 3.8) is 0 Å². The maximum atomic E-state index is 12.4. The lowest BCUT2D eigenvalue weighted by Gasteiger charge is -2.09. The van der Waals surface area contributed by atoms with Crippen molar-refractivity contribution in [1.29, 1.82) is 0 Å². The van der Waals surface area contributed by atoms with Gasteiger partial charge in [-0.3, -0.25) is 4.79 Å². The number of alkyl halides is 2. The van der Waals surface area contributed by atoms with Crippen LogP contribution in [-0.4, -0.2) is 32.7 Å². The molecule has 0 bridgehead atoms. The van der Waals surface area contributed by atoms with E-state index in [-0.39, 0.29) is 33.7 Å². The fourth-order valence-corrected chi connectivity index (χ4v) is 2.17. The first kappa shape index (κ1) is 15.0. The fourth-order valence-electron chi connectivity index (χ4n) is 1.58. The molecule has 1 amide bonds. The van der Waals surface area contributed by atoms with E-state index in [4.69, 9.17) is 5.11 Å². The van der Waals surface area contributed by atoms with E-state index < -0.39 is 17.6 Å². The smallest absolute Gasteiger partial charge is 0.354 e. The number of aromatic nitrogens is 2. The van der Waals surface area contributed by atoms with Crippen LogP contribution in [-0.2, 0) is 0 Å². The van der Waals surface area contributed by atoms with Gasteiger partial charge < -0.3 is 15.4 Å². The molecule has 0 spiro atoms. The van der Waals surface area contributed by atoms with Crippen LogP contribution in [0.2, 0.25) is 0 Å². The van der Waals surface area contributed by atoms with E-state index in [0.29, 0.717) is 0 Å². The molecule has 0 saturated heterocycles. The zero-order chi connectivity index (χ0) is 15.4. The van der Waals surface area contributed by atoms with Gasteiger partial charge in [0.15, 0.2) is 11.4 Å². The van der Waals surface area contributed by atoms with E-state index in [0.717, 1.165) is 6.33 Å². The number of anilines is 1. The minimum Gasteiger partial charge on any atom is -0.477 e. The Morgan fingerprint density at radius 2 is 2.05 bits per heavy atom. The van der Waals surface area contributed by atoms with Gasteiger partial charge in [-0.1, -0.05) is 23.9 Å². The summed E-state index contributed by atoms with van der Waals surface area (Å²) in [5.74, 6) is -4.77. The van der Waals surface area contributed by atoms with Crippen molar-refractivity contribution < 1.29 is 23.5 Å². The molecule has 21 heavy (non-hydrogen) atoms. The lowest BCUT2D eigenvalue weighted by molar-refractivity contribution is 0.0686. The molecule has 0 aliphatic heterocycles. The number of nitrogens with zero attached hydrogens (tertiary/aromatic N) is 1. The highest BCUT2D eigenvalue weighted by Gasteiger charge is 2.21. The molecule has 0 atom stereocenters. The number of amides is 1. The molecule has 3 N–H and O–H groups in total. The summed E-state index contributed by atoms with van der Waals surface area (Å²) in [5, 5.41) is 11.3. The van der Waals surface area contributed by atoms with Crippen molar-refractivity contribution in [3.05, 3.63) is 42.0 Å². The SMILES string of the molecule is O=C(Nc1ccccc1SC(F)F)c1nc[nH]c1C(=O)O. The third-order valence-electron chi connectivity index (χ3n) is 2.42. The van der Waals surface area contributed by atoms with E-state index in [2.05, 4.69) is 15.3 Å². The minimum absolute atomic E-state index is 0.159. The predicted octanol–water partition coefficient (Wildman–Crippen LogP) is 2.67. The predicted molar refractivity (Wildman–Crippen MR) is 71.8 cm³/mol. The van der Waals surface area contributed by atoms with Gasteiger partial charge in [-0.05, 0) is 12.1 Å². The molecule has 1 heterocycles. The van der Waals surface area contributed by atoms with Gasteiger partial charge in [0.25, 0.3) is 11.7 Å². The Labute approximate surface area is 121 Å². The second kappa shape index (κ2) is 6.35. The number of halogens is 2. The van der Waals surface area contributed by atoms with Gasteiger partial charge in [0.05, 0.1) is 12.0 Å². The number of imidazole rings is 1. The molecule has 0 radical (unpaired) electrons. The van der Waals surface area contributed by atoms with Crippen LogP contribution in [0.3, 0.4) is 0 Å². The van der Waals surface area contributed by atoms with E-state index in [1.165, 1.54) is 12.1 Å². The minimum atomic E-state index is -2.64. The van der Waals surface area contributed by atoms with Crippen LogP contribution < -0.4 is 5.32 Å². The number of thioether (sulfide) groups is 1. The van der Waals surface area contributed by atoms with Crippen molar-refractivity contribution in [1.82, 2.24) is 9.97 Å². The highest BCUT2D eigenvalue weighted by atomic mass is 32.2. The number of hydrogen-bond donors (Lipinski definition) is 3. The molecule has 110 valence electrons. The molecule has 2 rings (SSSR count). The number of nitrogens with one attached hydrogen (secondary N) is 2. The van der Waals surface area contributed by atoms with Crippen molar-refractivity contribution >= 4 is 29.3 Å². The number of carbonyl (C=O) groups excluding carboxylic acids is 1. The molecule has 0 aliphatic carbocycles. The lowest BCUT2D eigenvalue weighted by atomic mass is 10.2. The summed E-state index contributed by atoms with van der Waals surface area (Å²) in [7, 11) is 0. The molecule has 0 unspecified atom stereocenters. The number of aromatic amines is 1. The average molecular weight is 313 g/mol. The summed E-state index contributed by atoms with van der Waals surface area (Å²) in [5.41, 5.74) is -0.530. The topological polar surface area (TPSA) is 95.1 Å². The van der Waals surface area contributed by atoms with Gasteiger partial charge in [0.2, 0.25) is 0 Å². The standard InChI is InChI=1S/C12H9F2N3O3S/c13-12(14)21-7-4-2-1-3-6(7)17-10(18)8-9(11(19)20)16-5-15-8/h1-5,12H,(H,15,16)(H,17,18)(H,19,20). The maximum absolute atomic E-state index is 12.4. The Hall–Kier alpha value is -2.42. The number of H-pyrrole nitrogens is 1. The highest BCUT2D eigenvalue weighted by molar-refractivity contribution is 7.99. The third kappa shape index (κ3) is 3.57. The van der Waals surface area contributed by atoms with Crippen LogP contribution in [0.4, 0.5) is 14.5 Å². The van der Waals surface area contributed by atoms with E-state index in [9.17, 15) is 18.4 Å². The van der Waals surface area contributed by atoms with Crippen molar-refractivity contribution in [2.24, 2.45) is 0 Å². The summed E-state index contributed by atoms with van der Waals surface area (Å²) in [4.78, 5) is 29.0. The molecule has 0 saturated carbocycles. The van der Waals surface area contributed by atoms with Gasteiger partial charge in [-0.2, -0.15) is 8.78 Å². The molecule has 9 heteroatoms. The molecule has 0 aliphatic rings. The Kier molecular flexibility index (Phi) is 4.53. The normalized spacial score (nSPS) is 10.6. The summed E-state index contributed by atoms with van der Waals surface area (Å²) in [6, 6.07) is 5.98. The number of carboxylic acids is 1. The largest absolute Gasteiger partial charge is 0.477 e. The van der Waals surface area contributed by atoms with Crippen LogP contribution in [0.25, 0.3) is 0 Å². The van der Waals surface area contributed by atoms with E-state index in [1.807, 2.05) is 0 Å². The number of carboxylic acid groups (broad SMARTS) is 1.